The van der Waals surface area contributed by atoms with E-state index in [0.29, 0.717) is 11.5 Å². The van der Waals surface area contributed by atoms with Crippen LogP contribution in [-0.2, 0) is 4.74 Å². The Kier molecular flexibility index (Phi) is 3.44. The summed E-state index contributed by atoms with van der Waals surface area (Å²) in [5, 5.41) is 0. The molecule has 2 aromatic heterocycles. The summed E-state index contributed by atoms with van der Waals surface area (Å²) in [7, 11) is 1.40. The van der Waals surface area contributed by atoms with E-state index in [0.717, 1.165) is 37.4 Å². The fourth-order valence-corrected chi connectivity index (χ4v) is 2.96. The predicted octanol–water partition coefficient (Wildman–Crippen LogP) is 1.93. The van der Waals surface area contributed by atoms with E-state index in [-0.39, 0.29) is 5.97 Å². The summed E-state index contributed by atoms with van der Waals surface area (Å²) in [4.78, 5) is 18.8. The quantitative estimate of drug-likeness (QED) is 0.802. The van der Waals surface area contributed by atoms with Crippen LogP contribution in [0.2, 0.25) is 0 Å². The van der Waals surface area contributed by atoms with Gasteiger partial charge < -0.3 is 14.0 Å². The van der Waals surface area contributed by atoms with Crippen LogP contribution in [0.4, 0.5) is 0 Å². The molecule has 0 radical (unpaired) electrons. The van der Waals surface area contributed by atoms with Gasteiger partial charge in [0.05, 0.1) is 24.4 Å². The first-order valence-corrected chi connectivity index (χ1v) is 7.01. The molecule has 0 N–H and O–H groups in total. The summed E-state index contributed by atoms with van der Waals surface area (Å²) >= 11 is 0. The van der Waals surface area contributed by atoms with Gasteiger partial charge in [-0.3, -0.25) is 0 Å². The minimum Gasteiger partial charge on any atom is -0.465 e. The number of hydrogen-bond acceptors (Lipinski definition) is 4. The third kappa shape index (κ3) is 2.08. The van der Waals surface area contributed by atoms with Crippen LogP contribution in [0.3, 0.4) is 0 Å². The van der Waals surface area contributed by atoms with Gasteiger partial charge in [0.15, 0.2) is 0 Å². The van der Waals surface area contributed by atoms with E-state index in [2.05, 4.69) is 16.8 Å². The highest BCUT2D eigenvalue weighted by Gasteiger charge is 2.26. The van der Waals surface area contributed by atoms with E-state index in [1.807, 2.05) is 16.7 Å². The van der Waals surface area contributed by atoms with E-state index in [1.54, 1.807) is 12.3 Å². The first kappa shape index (κ1) is 13.1. The van der Waals surface area contributed by atoms with Crippen molar-refractivity contribution in [2.75, 3.05) is 26.7 Å². The number of ether oxygens (including phenoxy) is 1. The fourth-order valence-electron chi connectivity index (χ4n) is 2.96. The van der Waals surface area contributed by atoms with Crippen LogP contribution in [0, 0.1) is 0 Å². The molecule has 0 saturated carbocycles. The summed E-state index contributed by atoms with van der Waals surface area (Å²) in [5.41, 5.74) is 1.39. The van der Waals surface area contributed by atoms with E-state index in [4.69, 9.17) is 4.74 Å². The number of carbonyl (C=O) groups excluding carboxylic acids is 1. The van der Waals surface area contributed by atoms with Crippen LogP contribution in [0.1, 0.15) is 35.4 Å². The number of imidazole rings is 1. The zero-order valence-corrected chi connectivity index (χ0v) is 11.9. The molecular weight excluding hydrogens is 254 g/mol. The molecule has 5 nitrogen and oxygen atoms in total. The smallest absolute Gasteiger partial charge is 0.340 e. The van der Waals surface area contributed by atoms with Crippen LogP contribution in [0.15, 0.2) is 24.5 Å². The van der Waals surface area contributed by atoms with Crippen molar-refractivity contribution in [2.45, 2.75) is 19.3 Å². The van der Waals surface area contributed by atoms with Gasteiger partial charge in [-0.2, -0.15) is 0 Å². The molecule has 1 saturated heterocycles. The molecule has 0 aliphatic carbocycles. The average Bonchev–Trinajstić information content (AvgIpc) is 3.11. The van der Waals surface area contributed by atoms with E-state index in [9.17, 15) is 4.79 Å². The Balaban J connectivity index is 2.00. The Morgan fingerprint density at radius 2 is 2.40 bits per heavy atom. The van der Waals surface area contributed by atoms with Gasteiger partial charge in [0.25, 0.3) is 0 Å². The van der Waals surface area contributed by atoms with Crippen molar-refractivity contribution in [3.05, 3.63) is 35.9 Å². The van der Waals surface area contributed by atoms with Gasteiger partial charge in [-0.05, 0) is 31.6 Å². The number of fused-ring (bicyclic) bond motifs is 1. The Morgan fingerprint density at radius 3 is 3.10 bits per heavy atom. The summed E-state index contributed by atoms with van der Waals surface area (Å²) < 4.78 is 6.85. The lowest BCUT2D eigenvalue weighted by atomic mass is 10.1. The number of nitrogens with zero attached hydrogens (tertiary/aromatic N) is 3. The molecule has 0 spiro atoms. The molecule has 3 heterocycles. The van der Waals surface area contributed by atoms with Crippen LogP contribution >= 0.6 is 0 Å². The number of rotatable bonds is 3. The second-order valence-electron chi connectivity index (χ2n) is 5.16. The van der Waals surface area contributed by atoms with Crippen LogP contribution < -0.4 is 0 Å². The maximum Gasteiger partial charge on any atom is 0.340 e. The first-order chi connectivity index (χ1) is 9.74. The second-order valence-corrected chi connectivity index (χ2v) is 5.16. The Hall–Kier alpha value is -1.88. The van der Waals surface area contributed by atoms with Gasteiger partial charge in [-0.25, -0.2) is 9.78 Å². The zero-order valence-electron chi connectivity index (χ0n) is 11.9. The number of aromatic nitrogens is 2. The van der Waals surface area contributed by atoms with Crippen LogP contribution in [-0.4, -0.2) is 47.0 Å². The SMILES string of the molecule is CCN1CCC(c2ncc3c(C(=O)OC)cccn23)C1. The molecule has 20 heavy (non-hydrogen) atoms. The molecule has 1 atom stereocenters. The number of methoxy groups -OCH3 is 1. The maximum absolute atomic E-state index is 11.8. The van der Waals surface area contributed by atoms with Crippen molar-refractivity contribution in [2.24, 2.45) is 0 Å². The number of carbonyl (C=O) groups is 1. The lowest BCUT2D eigenvalue weighted by Crippen LogP contribution is -2.19. The molecule has 1 aliphatic heterocycles. The summed E-state index contributed by atoms with van der Waals surface area (Å²) in [6, 6.07) is 3.65. The van der Waals surface area contributed by atoms with Crippen LogP contribution in [0.5, 0.6) is 0 Å². The number of hydrogen-bond donors (Lipinski definition) is 0. The topological polar surface area (TPSA) is 46.8 Å². The molecule has 1 fully saturated rings. The van der Waals surface area contributed by atoms with Gasteiger partial charge in [-0.15, -0.1) is 0 Å². The predicted molar refractivity (Wildman–Crippen MR) is 76.0 cm³/mol. The van der Waals surface area contributed by atoms with Crippen molar-refractivity contribution < 1.29 is 9.53 Å². The number of likely N-dealkylation sites (N-methyl/N-ethyl adjacent to an activating group) is 1. The third-order valence-electron chi connectivity index (χ3n) is 4.09. The van der Waals surface area contributed by atoms with Crippen LogP contribution in [0.25, 0.3) is 5.52 Å². The highest BCUT2D eigenvalue weighted by atomic mass is 16.5. The van der Waals surface area contributed by atoms with Crippen molar-refractivity contribution in [1.29, 1.82) is 0 Å². The van der Waals surface area contributed by atoms with Crippen molar-refractivity contribution in [3.63, 3.8) is 0 Å². The molecule has 1 unspecified atom stereocenters. The zero-order chi connectivity index (χ0) is 14.1. The van der Waals surface area contributed by atoms with E-state index in [1.165, 1.54) is 7.11 Å². The fraction of sp³-hybridized carbons (Fsp3) is 0.467. The standard InChI is InChI=1S/C15H19N3O2/c1-3-17-8-6-11(10-17)14-16-9-13-12(15(19)20-2)5-4-7-18(13)14/h4-5,7,9,11H,3,6,8,10H2,1-2H3. The average molecular weight is 273 g/mol. The van der Waals surface area contributed by atoms with Gasteiger partial charge in [0, 0.05) is 18.7 Å². The van der Waals surface area contributed by atoms with Gasteiger partial charge in [-0.1, -0.05) is 6.92 Å². The Morgan fingerprint density at radius 1 is 1.55 bits per heavy atom. The highest BCUT2D eigenvalue weighted by Crippen LogP contribution is 2.27. The lowest BCUT2D eigenvalue weighted by Gasteiger charge is -2.12. The third-order valence-corrected chi connectivity index (χ3v) is 4.09. The maximum atomic E-state index is 11.8. The van der Waals surface area contributed by atoms with Crippen molar-refractivity contribution in [1.82, 2.24) is 14.3 Å². The molecule has 0 aromatic carbocycles. The molecule has 5 heteroatoms. The van der Waals surface area contributed by atoms with Crippen molar-refractivity contribution >= 4 is 11.5 Å². The largest absolute Gasteiger partial charge is 0.465 e. The molecule has 1 aliphatic rings. The number of esters is 1. The lowest BCUT2D eigenvalue weighted by molar-refractivity contribution is 0.0602. The Bertz CT molecular complexity index is 635. The van der Waals surface area contributed by atoms with E-state index < -0.39 is 0 Å². The van der Waals surface area contributed by atoms with E-state index >= 15 is 0 Å². The number of likely N-dealkylation sites (tertiary alicyclic amines) is 1. The molecule has 106 valence electrons. The molecule has 2 aromatic rings. The van der Waals surface area contributed by atoms with Gasteiger partial charge in [0.1, 0.15) is 5.82 Å². The highest BCUT2D eigenvalue weighted by molar-refractivity contribution is 5.96. The first-order valence-electron chi connectivity index (χ1n) is 7.01. The summed E-state index contributed by atoms with van der Waals surface area (Å²) in [6.07, 6.45) is 4.87. The minimum absolute atomic E-state index is 0.316. The minimum atomic E-state index is -0.316. The summed E-state index contributed by atoms with van der Waals surface area (Å²) in [6.45, 7) is 5.42. The molecule has 3 rings (SSSR count). The molecular formula is C15H19N3O2. The number of pyridine rings is 1. The molecule has 0 amide bonds. The van der Waals surface area contributed by atoms with Crippen molar-refractivity contribution in [3.8, 4) is 0 Å². The normalized spacial score (nSPS) is 19.6. The summed E-state index contributed by atoms with van der Waals surface area (Å²) in [5.74, 6) is 1.16. The Labute approximate surface area is 118 Å². The van der Waals surface area contributed by atoms with Gasteiger partial charge >= 0.3 is 5.97 Å². The molecule has 0 bridgehead atoms. The second kappa shape index (κ2) is 5.25. The monoisotopic (exact) mass is 273 g/mol. The van der Waals surface area contributed by atoms with Gasteiger partial charge in [0.2, 0.25) is 0 Å².